The van der Waals surface area contributed by atoms with E-state index in [0.29, 0.717) is 6.42 Å². The lowest BCUT2D eigenvalue weighted by molar-refractivity contribution is -0.119. The first-order valence-corrected chi connectivity index (χ1v) is 4.68. The molecule has 1 unspecified atom stereocenters. The number of benzene rings is 1. The van der Waals surface area contributed by atoms with Crippen molar-refractivity contribution < 1.29 is 4.79 Å². The molecule has 3 nitrogen and oxygen atoms in total. The van der Waals surface area contributed by atoms with Crippen LogP contribution in [0.4, 0.5) is 0 Å². The van der Waals surface area contributed by atoms with Crippen LogP contribution in [0.15, 0.2) is 24.3 Å². The SMILES string of the molecule is Cc1ccccc1CC(=O)C(N)CN. The van der Waals surface area contributed by atoms with Gasteiger partial charge in [0, 0.05) is 13.0 Å². The molecule has 0 bridgehead atoms. The van der Waals surface area contributed by atoms with Crippen LogP contribution < -0.4 is 11.5 Å². The second-order valence-corrected chi connectivity index (χ2v) is 3.41. The van der Waals surface area contributed by atoms with E-state index in [0.717, 1.165) is 11.1 Å². The largest absolute Gasteiger partial charge is 0.328 e. The Morgan fingerprint density at radius 3 is 2.64 bits per heavy atom. The molecule has 0 aliphatic rings. The van der Waals surface area contributed by atoms with Crippen molar-refractivity contribution >= 4 is 5.78 Å². The molecule has 0 heterocycles. The topological polar surface area (TPSA) is 69.1 Å². The quantitative estimate of drug-likeness (QED) is 0.725. The van der Waals surface area contributed by atoms with Crippen LogP contribution in [0.25, 0.3) is 0 Å². The van der Waals surface area contributed by atoms with Gasteiger partial charge < -0.3 is 11.5 Å². The Morgan fingerprint density at radius 2 is 2.07 bits per heavy atom. The zero-order valence-corrected chi connectivity index (χ0v) is 8.36. The molecule has 0 saturated heterocycles. The van der Waals surface area contributed by atoms with Crippen LogP contribution in [0.2, 0.25) is 0 Å². The first-order chi connectivity index (χ1) is 6.65. The zero-order chi connectivity index (χ0) is 10.6. The lowest BCUT2D eigenvalue weighted by atomic mass is 10.0. The third kappa shape index (κ3) is 2.65. The third-order valence-electron chi connectivity index (χ3n) is 2.29. The Morgan fingerprint density at radius 1 is 1.43 bits per heavy atom. The van der Waals surface area contributed by atoms with Crippen LogP contribution in [-0.2, 0) is 11.2 Å². The van der Waals surface area contributed by atoms with Crippen molar-refractivity contribution in [3.05, 3.63) is 35.4 Å². The van der Waals surface area contributed by atoms with Gasteiger partial charge in [0.05, 0.1) is 6.04 Å². The molecule has 14 heavy (non-hydrogen) atoms. The van der Waals surface area contributed by atoms with E-state index in [9.17, 15) is 4.79 Å². The fraction of sp³-hybridized carbons (Fsp3) is 0.364. The van der Waals surface area contributed by atoms with E-state index in [4.69, 9.17) is 11.5 Å². The summed E-state index contributed by atoms with van der Waals surface area (Å²) in [6, 6.07) is 7.26. The average Bonchev–Trinajstić information content (AvgIpc) is 2.20. The van der Waals surface area contributed by atoms with Crippen molar-refractivity contribution in [2.45, 2.75) is 19.4 Å². The molecule has 0 radical (unpaired) electrons. The maximum Gasteiger partial charge on any atom is 0.155 e. The summed E-state index contributed by atoms with van der Waals surface area (Å²) >= 11 is 0. The number of nitrogens with two attached hydrogens (primary N) is 2. The Bertz CT molecular complexity index is 323. The summed E-state index contributed by atoms with van der Waals surface area (Å²) in [6.07, 6.45) is 0.380. The molecule has 1 aromatic carbocycles. The molecule has 0 aliphatic heterocycles. The van der Waals surface area contributed by atoms with Gasteiger partial charge in [-0.1, -0.05) is 24.3 Å². The second-order valence-electron chi connectivity index (χ2n) is 3.41. The van der Waals surface area contributed by atoms with Gasteiger partial charge >= 0.3 is 0 Å². The van der Waals surface area contributed by atoms with Gasteiger partial charge in [-0.3, -0.25) is 4.79 Å². The standard InChI is InChI=1S/C11H16N2O/c1-8-4-2-3-5-9(8)6-11(14)10(13)7-12/h2-5,10H,6-7,12-13H2,1H3. The fourth-order valence-electron chi connectivity index (χ4n) is 1.26. The Labute approximate surface area is 84.1 Å². The summed E-state index contributed by atoms with van der Waals surface area (Å²) in [5.41, 5.74) is 13.0. The fourth-order valence-corrected chi connectivity index (χ4v) is 1.26. The number of ketones is 1. The number of hydrogen-bond acceptors (Lipinski definition) is 3. The molecule has 0 saturated carbocycles. The summed E-state index contributed by atoms with van der Waals surface area (Å²) in [5, 5.41) is 0. The third-order valence-corrected chi connectivity index (χ3v) is 2.29. The minimum atomic E-state index is -0.533. The first kappa shape index (κ1) is 10.9. The second kappa shape index (κ2) is 4.88. The van der Waals surface area contributed by atoms with Gasteiger partial charge in [0.25, 0.3) is 0 Å². The molecule has 1 atom stereocenters. The molecular weight excluding hydrogens is 176 g/mol. The van der Waals surface area contributed by atoms with Crippen molar-refractivity contribution in [3.8, 4) is 0 Å². The Balaban J connectivity index is 2.70. The number of carbonyl (C=O) groups is 1. The number of Topliss-reactive ketones (excluding diaryl/α,β-unsaturated/α-hetero) is 1. The van der Waals surface area contributed by atoms with Crippen LogP contribution in [-0.4, -0.2) is 18.4 Å². The van der Waals surface area contributed by atoms with E-state index in [1.54, 1.807) is 0 Å². The number of rotatable bonds is 4. The van der Waals surface area contributed by atoms with E-state index in [1.807, 2.05) is 31.2 Å². The molecular formula is C11H16N2O. The highest BCUT2D eigenvalue weighted by molar-refractivity contribution is 5.86. The van der Waals surface area contributed by atoms with Crippen LogP contribution in [0.3, 0.4) is 0 Å². The molecule has 0 amide bonds. The summed E-state index contributed by atoms with van der Waals surface area (Å²) in [6.45, 7) is 2.20. The minimum Gasteiger partial charge on any atom is -0.328 e. The van der Waals surface area contributed by atoms with Crippen molar-refractivity contribution in [1.82, 2.24) is 0 Å². The minimum absolute atomic E-state index is 0.00167. The number of hydrogen-bond donors (Lipinski definition) is 2. The molecule has 1 aromatic rings. The first-order valence-electron chi connectivity index (χ1n) is 4.68. The lowest BCUT2D eigenvalue weighted by Gasteiger charge is -2.08. The van der Waals surface area contributed by atoms with Crippen molar-refractivity contribution in [3.63, 3.8) is 0 Å². The molecule has 0 aromatic heterocycles. The molecule has 1 rings (SSSR count). The molecule has 0 spiro atoms. The maximum atomic E-state index is 11.5. The van der Waals surface area contributed by atoms with Crippen LogP contribution in [0.1, 0.15) is 11.1 Å². The summed E-state index contributed by atoms with van der Waals surface area (Å²) in [7, 11) is 0. The lowest BCUT2D eigenvalue weighted by Crippen LogP contribution is -2.38. The highest BCUT2D eigenvalue weighted by Crippen LogP contribution is 2.08. The van der Waals surface area contributed by atoms with Crippen molar-refractivity contribution in [1.29, 1.82) is 0 Å². The van der Waals surface area contributed by atoms with Gasteiger partial charge in [-0.25, -0.2) is 0 Å². The molecule has 3 heteroatoms. The summed E-state index contributed by atoms with van der Waals surface area (Å²) in [5.74, 6) is 0.00167. The molecule has 0 fully saturated rings. The van der Waals surface area contributed by atoms with Crippen LogP contribution in [0, 0.1) is 6.92 Å². The van der Waals surface area contributed by atoms with Gasteiger partial charge in [0.15, 0.2) is 5.78 Å². The predicted octanol–water partition coefficient (Wildman–Crippen LogP) is 0.393. The summed E-state index contributed by atoms with van der Waals surface area (Å²) in [4.78, 5) is 11.5. The van der Waals surface area contributed by atoms with Crippen LogP contribution >= 0.6 is 0 Å². The number of aryl methyl sites for hydroxylation is 1. The highest BCUT2D eigenvalue weighted by atomic mass is 16.1. The molecule has 4 N–H and O–H groups in total. The van der Waals surface area contributed by atoms with Crippen LogP contribution in [0.5, 0.6) is 0 Å². The normalized spacial score (nSPS) is 12.5. The van der Waals surface area contributed by atoms with Gasteiger partial charge in [-0.2, -0.15) is 0 Å². The zero-order valence-electron chi connectivity index (χ0n) is 8.36. The molecule has 76 valence electrons. The van der Waals surface area contributed by atoms with E-state index in [-0.39, 0.29) is 12.3 Å². The maximum absolute atomic E-state index is 11.5. The van der Waals surface area contributed by atoms with Gasteiger partial charge in [-0.15, -0.1) is 0 Å². The monoisotopic (exact) mass is 192 g/mol. The van der Waals surface area contributed by atoms with E-state index in [1.165, 1.54) is 0 Å². The summed E-state index contributed by atoms with van der Waals surface area (Å²) < 4.78 is 0. The van der Waals surface area contributed by atoms with Crippen molar-refractivity contribution in [2.75, 3.05) is 6.54 Å². The van der Waals surface area contributed by atoms with Crippen molar-refractivity contribution in [2.24, 2.45) is 11.5 Å². The van der Waals surface area contributed by atoms with Gasteiger partial charge in [-0.05, 0) is 18.1 Å². The molecule has 0 aliphatic carbocycles. The number of carbonyl (C=O) groups excluding carboxylic acids is 1. The van der Waals surface area contributed by atoms with E-state index >= 15 is 0 Å². The predicted molar refractivity (Wildman–Crippen MR) is 56.9 cm³/mol. The Kier molecular flexibility index (Phi) is 3.80. The van der Waals surface area contributed by atoms with E-state index < -0.39 is 6.04 Å². The Hall–Kier alpha value is -1.19. The smallest absolute Gasteiger partial charge is 0.155 e. The van der Waals surface area contributed by atoms with Gasteiger partial charge in [0.2, 0.25) is 0 Å². The average molecular weight is 192 g/mol. The van der Waals surface area contributed by atoms with E-state index in [2.05, 4.69) is 0 Å². The van der Waals surface area contributed by atoms with Gasteiger partial charge in [0.1, 0.15) is 0 Å². The highest BCUT2D eigenvalue weighted by Gasteiger charge is 2.12.